The Morgan fingerprint density at radius 1 is 1.11 bits per heavy atom. The van der Waals surface area contributed by atoms with E-state index in [0.29, 0.717) is 16.9 Å². The van der Waals surface area contributed by atoms with Gasteiger partial charge < -0.3 is 14.7 Å². The maximum atomic E-state index is 14.4. The first-order chi connectivity index (χ1) is 17.4. The zero-order valence-electron chi connectivity index (χ0n) is 19.8. The van der Waals surface area contributed by atoms with Crippen molar-refractivity contribution in [2.45, 2.75) is 31.9 Å². The van der Waals surface area contributed by atoms with Crippen LogP contribution in [0.2, 0.25) is 5.02 Å². The number of hydrogen-bond acceptors (Lipinski definition) is 3. The zero-order valence-corrected chi connectivity index (χ0v) is 20.5. The van der Waals surface area contributed by atoms with Gasteiger partial charge in [-0.1, -0.05) is 42.8 Å². The van der Waals surface area contributed by atoms with Crippen molar-refractivity contribution in [1.82, 2.24) is 0 Å². The molecule has 2 unspecified atom stereocenters. The molecule has 2 atom stereocenters. The van der Waals surface area contributed by atoms with Crippen LogP contribution in [0.3, 0.4) is 0 Å². The van der Waals surface area contributed by atoms with E-state index in [1.165, 1.54) is 54.3 Å². The normalized spacial score (nSPS) is 15.1. The molecule has 1 N–H and O–H groups in total. The molecule has 37 heavy (non-hydrogen) atoms. The van der Waals surface area contributed by atoms with Crippen molar-refractivity contribution in [1.29, 1.82) is 0 Å². The lowest BCUT2D eigenvalue weighted by atomic mass is 9.81. The van der Waals surface area contributed by atoms with Crippen LogP contribution in [-0.2, 0) is 4.79 Å². The number of nitrogens with zero attached hydrogens (tertiary/aromatic N) is 1. The average Bonchev–Trinajstić information content (AvgIpc) is 2.82. The quantitative estimate of drug-likeness (QED) is 0.344. The Morgan fingerprint density at radius 3 is 2.38 bits per heavy atom. The number of carbonyl (C=O) groups is 2. The fourth-order valence-corrected chi connectivity index (χ4v) is 5.00. The van der Waals surface area contributed by atoms with Gasteiger partial charge in [0.1, 0.15) is 11.6 Å². The number of rotatable bonds is 6. The first kappa shape index (κ1) is 26.5. The molecule has 0 saturated carbocycles. The van der Waals surface area contributed by atoms with Gasteiger partial charge in [-0.3, -0.25) is 4.79 Å². The molecule has 0 spiro atoms. The number of alkyl halides is 3. The van der Waals surface area contributed by atoms with Gasteiger partial charge >= 0.3 is 12.1 Å². The van der Waals surface area contributed by atoms with Gasteiger partial charge in [0, 0.05) is 11.6 Å². The zero-order chi connectivity index (χ0) is 27.1. The molecule has 0 radical (unpaired) electrons. The van der Waals surface area contributed by atoms with E-state index < -0.39 is 35.4 Å². The molecule has 3 aromatic carbocycles. The molecule has 3 aromatic rings. The fourth-order valence-electron chi connectivity index (χ4n) is 4.64. The lowest BCUT2D eigenvalue weighted by Crippen LogP contribution is -2.38. The van der Waals surface area contributed by atoms with Gasteiger partial charge in [-0.25, -0.2) is 9.18 Å². The molecule has 0 bridgehead atoms. The molecule has 0 aromatic heterocycles. The molecule has 0 aliphatic carbocycles. The monoisotopic (exact) mass is 535 g/mol. The van der Waals surface area contributed by atoms with Crippen LogP contribution in [-0.4, -0.2) is 36.3 Å². The number of fused-ring (bicyclic) bond motifs is 1. The molecular weight excluding hydrogens is 514 g/mol. The Kier molecular flexibility index (Phi) is 7.19. The SMILES string of the molecule is CCN1C(=O)COc2ccc(C(C(C)c3ccc(-c4ccc(C(=O)O)c(F)c4)cc3Cl)C(F)(F)F)cc21. The maximum absolute atomic E-state index is 14.4. The Balaban J connectivity index is 1.71. The molecule has 1 aliphatic rings. The lowest BCUT2D eigenvalue weighted by molar-refractivity contribution is -0.154. The Bertz CT molecular complexity index is 1370. The van der Waals surface area contributed by atoms with Crippen molar-refractivity contribution in [3.63, 3.8) is 0 Å². The summed E-state index contributed by atoms with van der Waals surface area (Å²) in [7, 11) is 0. The van der Waals surface area contributed by atoms with Crippen LogP contribution < -0.4 is 9.64 Å². The summed E-state index contributed by atoms with van der Waals surface area (Å²) in [6.07, 6.45) is -4.64. The van der Waals surface area contributed by atoms with Gasteiger partial charge in [0.15, 0.2) is 6.61 Å². The highest BCUT2D eigenvalue weighted by atomic mass is 35.5. The van der Waals surface area contributed by atoms with Crippen LogP contribution in [0.5, 0.6) is 5.75 Å². The van der Waals surface area contributed by atoms with Crippen molar-refractivity contribution in [3.8, 4) is 16.9 Å². The topological polar surface area (TPSA) is 66.8 Å². The van der Waals surface area contributed by atoms with Gasteiger partial charge in [0.05, 0.1) is 17.2 Å². The summed E-state index contributed by atoms with van der Waals surface area (Å²) in [5.41, 5.74) is 0.728. The number of amides is 1. The molecule has 5 nitrogen and oxygen atoms in total. The van der Waals surface area contributed by atoms with Crippen molar-refractivity contribution in [2.24, 2.45) is 0 Å². The number of benzene rings is 3. The summed E-state index contributed by atoms with van der Waals surface area (Å²) in [6.45, 7) is 3.25. The molecule has 1 amide bonds. The molecule has 0 saturated heterocycles. The maximum Gasteiger partial charge on any atom is 0.396 e. The Labute approximate surface area is 215 Å². The Hall–Kier alpha value is -3.59. The minimum atomic E-state index is -4.64. The van der Waals surface area contributed by atoms with Crippen molar-refractivity contribution in [3.05, 3.63) is 82.1 Å². The average molecular weight is 536 g/mol. The third-order valence-corrected chi connectivity index (χ3v) is 6.81. The first-order valence-electron chi connectivity index (χ1n) is 11.4. The van der Waals surface area contributed by atoms with E-state index in [2.05, 4.69) is 0 Å². The largest absolute Gasteiger partial charge is 0.482 e. The summed E-state index contributed by atoms with van der Waals surface area (Å²) in [6, 6.07) is 12.0. The number of anilines is 1. The lowest BCUT2D eigenvalue weighted by Gasteiger charge is -2.32. The molecule has 0 fully saturated rings. The van der Waals surface area contributed by atoms with Crippen molar-refractivity contribution < 1.29 is 37.0 Å². The van der Waals surface area contributed by atoms with E-state index in [1.807, 2.05) is 0 Å². The van der Waals surface area contributed by atoms with E-state index in [-0.39, 0.29) is 40.9 Å². The van der Waals surface area contributed by atoms with Gasteiger partial charge in [-0.2, -0.15) is 13.2 Å². The summed E-state index contributed by atoms with van der Waals surface area (Å²) in [5.74, 6) is -5.40. The second kappa shape index (κ2) is 10.0. The van der Waals surface area contributed by atoms with Gasteiger partial charge in [0.25, 0.3) is 5.91 Å². The third-order valence-electron chi connectivity index (χ3n) is 6.48. The number of carboxylic acids is 1. The predicted molar refractivity (Wildman–Crippen MR) is 131 cm³/mol. The summed E-state index contributed by atoms with van der Waals surface area (Å²) >= 11 is 6.43. The highest BCUT2D eigenvalue weighted by molar-refractivity contribution is 6.31. The van der Waals surface area contributed by atoms with Crippen LogP contribution >= 0.6 is 11.6 Å². The summed E-state index contributed by atoms with van der Waals surface area (Å²) < 4.78 is 62.8. The Morgan fingerprint density at radius 2 is 1.78 bits per heavy atom. The van der Waals surface area contributed by atoms with Gasteiger partial charge in [-0.05, 0) is 65.4 Å². The third kappa shape index (κ3) is 5.13. The molecule has 1 heterocycles. The van der Waals surface area contributed by atoms with Crippen LogP contribution in [0.1, 0.15) is 47.2 Å². The predicted octanol–water partition coefficient (Wildman–Crippen LogP) is 7.04. The first-order valence-corrected chi connectivity index (χ1v) is 11.8. The summed E-state index contributed by atoms with van der Waals surface area (Å²) in [4.78, 5) is 24.6. The van der Waals surface area contributed by atoms with Crippen LogP contribution in [0.25, 0.3) is 11.1 Å². The summed E-state index contributed by atoms with van der Waals surface area (Å²) in [5, 5.41) is 9.06. The second-order valence-corrected chi connectivity index (χ2v) is 9.11. The van der Waals surface area contributed by atoms with E-state index in [0.717, 1.165) is 12.1 Å². The number of carboxylic acid groups (broad SMARTS) is 1. The molecule has 4 rings (SSSR count). The standard InChI is InChI=1S/C27H22ClF4NO4/c1-3-33-22-12-17(6-9-23(22)37-13-24(33)34)25(27(30,31)32)14(2)18-7-4-15(10-20(18)28)16-5-8-19(26(35)36)21(29)11-16/h4-12,14,25H,3,13H2,1-2H3,(H,35,36). The number of aromatic carboxylic acids is 1. The highest BCUT2D eigenvalue weighted by Gasteiger charge is 2.45. The van der Waals surface area contributed by atoms with Gasteiger partial charge in [0.2, 0.25) is 0 Å². The highest BCUT2D eigenvalue weighted by Crippen LogP contribution is 2.48. The minimum Gasteiger partial charge on any atom is -0.482 e. The molecule has 10 heteroatoms. The minimum absolute atomic E-state index is 0.0398. The fraction of sp³-hybridized carbons (Fsp3) is 0.259. The number of hydrogen-bond donors (Lipinski definition) is 1. The van der Waals surface area contributed by atoms with Crippen LogP contribution in [0.4, 0.5) is 23.2 Å². The van der Waals surface area contributed by atoms with E-state index >= 15 is 0 Å². The van der Waals surface area contributed by atoms with Crippen LogP contribution in [0, 0.1) is 5.82 Å². The van der Waals surface area contributed by atoms with Gasteiger partial charge in [-0.15, -0.1) is 0 Å². The molecular formula is C27H22ClF4NO4. The van der Waals surface area contributed by atoms with Crippen molar-refractivity contribution in [2.75, 3.05) is 18.1 Å². The van der Waals surface area contributed by atoms with E-state index in [9.17, 15) is 27.2 Å². The van der Waals surface area contributed by atoms with E-state index in [4.69, 9.17) is 21.4 Å². The van der Waals surface area contributed by atoms with Crippen molar-refractivity contribution >= 4 is 29.2 Å². The number of carbonyl (C=O) groups excluding carboxylic acids is 1. The smallest absolute Gasteiger partial charge is 0.396 e. The van der Waals surface area contributed by atoms with Crippen LogP contribution in [0.15, 0.2) is 54.6 Å². The number of halogens is 5. The molecule has 194 valence electrons. The second-order valence-electron chi connectivity index (χ2n) is 8.70. The van der Waals surface area contributed by atoms with E-state index in [1.54, 1.807) is 6.92 Å². The number of ether oxygens (including phenoxy) is 1. The molecule has 1 aliphatic heterocycles. The number of likely N-dealkylation sites (N-methyl/N-ethyl adjacent to an activating group) is 1.